The molecule has 0 radical (unpaired) electrons. The number of hydrogen-bond donors (Lipinski definition) is 1. The van der Waals surface area contributed by atoms with Crippen LogP contribution in [-0.4, -0.2) is 48.1 Å². The van der Waals surface area contributed by atoms with Crippen molar-refractivity contribution in [2.45, 2.75) is 96.2 Å². The molecule has 1 spiro atoms. The van der Waals surface area contributed by atoms with Crippen molar-refractivity contribution in [2.75, 3.05) is 13.7 Å². The van der Waals surface area contributed by atoms with Gasteiger partial charge in [0, 0.05) is 25.4 Å². The molecule has 0 aromatic heterocycles. The number of ether oxygens (including phenoxy) is 3. The fraction of sp³-hybridized carbons (Fsp3) is 0.846. The molecule has 0 amide bonds. The number of aliphatic hydroxyl groups is 1. The van der Waals surface area contributed by atoms with Gasteiger partial charge in [-0.3, -0.25) is 9.59 Å². The van der Waals surface area contributed by atoms with Gasteiger partial charge in [-0.1, -0.05) is 26.3 Å². The summed E-state index contributed by atoms with van der Waals surface area (Å²) in [5, 5.41) is 11.6. The van der Waals surface area contributed by atoms with Crippen molar-refractivity contribution < 1.29 is 28.9 Å². The molecule has 0 unspecified atom stereocenters. The van der Waals surface area contributed by atoms with E-state index in [0.29, 0.717) is 37.5 Å². The first-order chi connectivity index (χ1) is 15.1. The van der Waals surface area contributed by atoms with Gasteiger partial charge >= 0.3 is 0 Å². The Kier molecular flexibility index (Phi) is 5.29. The average Bonchev–Trinajstić information content (AvgIpc) is 3.03. The molecule has 5 rings (SSSR count). The van der Waals surface area contributed by atoms with Gasteiger partial charge in [-0.05, 0) is 74.2 Å². The van der Waals surface area contributed by atoms with E-state index in [0.717, 1.165) is 32.1 Å². The van der Waals surface area contributed by atoms with E-state index in [1.54, 1.807) is 7.11 Å². The van der Waals surface area contributed by atoms with Gasteiger partial charge in [-0.2, -0.15) is 0 Å². The molecular formula is C26H38O6. The standard InChI is InChI=1S/C26H38O6/c1-5-10-26(30-4)31-15-21(29)25(32-26)12-9-19-18-7-6-16-13-17(27)8-11-23(16,2)22(18)20(28)14-24(19,25)3/h13,18-20,22,28H,5-12,14-15H2,1-4H3/t18-,19-,20-,22+,23-,24-,25-,26+/m0/s1. The zero-order valence-electron chi connectivity index (χ0n) is 19.9. The Balaban J connectivity index is 1.52. The van der Waals surface area contributed by atoms with E-state index in [-0.39, 0.29) is 29.5 Å². The fourth-order valence-electron chi connectivity index (χ4n) is 8.58. The van der Waals surface area contributed by atoms with E-state index in [9.17, 15) is 14.7 Å². The van der Waals surface area contributed by atoms with Gasteiger partial charge in [0.2, 0.25) is 0 Å². The number of Topliss-reactive ketones (excluding diaryl/α,β-unsaturated/α-hetero) is 1. The molecular weight excluding hydrogens is 408 g/mol. The first-order valence-electron chi connectivity index (χ1n) is 12.5. The summed E-state index contributed by atoms with van der Waals surface area (Å²) >= 11 is 0. The highest BCUT2D eigenvalue weighted by Gasteiger charge is 2.72. The molecule has 3 saturated carbocycles. The third-order valence-electron chi connectivity index (χ3n) is 10.1. The monoisotopic (exact) mass is 446 g/mol. The predicted octanol–water partition coefficient (Wildman–Crippen LogP) is 3.94. The Labute approximate surface area is 191 Å². The number of ketones is 2. The molecule has 178 valence electrons. The Morgan fingerprint density at radius 2 is 1.97 bits per heavy atom. The predicted molar refractivity (Wildman–Crippen MR) is 118 cm³/mol. The topological polar surface area (TPSA) is 82.1 Å². The second-order valence-electron chi connectivity index (χ2n) is 11.4. The number of methoxy groups -OCH3 is 1. The molecule has 1 heterocycles. The highest BCUT2D eigenvalue weighted by molar-refractivity contribution is 5.92. The summed E-state index contributed by atoms with van der Waals surface area (Å²) in [7, 11) is 1.58. The van der Waals surface area contributed by atoms with E-state index in [2.05, 4.69) is 13.8 Å². The largest absolute Gasteiger partial charge is 0.393 e. The van der Waals surface area contributed by atoms with Crippen molar-refractivity contribution in [1.82, 2.24) is 0 Å². The van der Waals surface area contributed by atoms with E-state index in [1.807, 2.05) is 13.0 Å². The smallest absolute Gasteiger partial charge is 0.284 e. The lowest BCUT2D eigenvalue weighted by atomic mass is 9.45. The van der Waals surface area contributed by atoms with Crippen molar-refractivity contribution in [3.8, 4) is 0 Å². The van der Waals surface area contributed by atoms with Crippen LogP contribution in [0.1, 0.15) is 78.6 Å². The van der Waals surface area contributed by atoms with Crippen LogP contribution in [0.4, 0.5) is 0 Å². The van der Waals surface area contributed by atoms with E-state index >= 15 is 0 Å². The van der Waals surface area contributed by atoms with Gasteiger partial charge in [0.1, 0.15) is 12.2 Å². The summed E-state index contributed by atoms with van der Waals surface area (Å²) in [5.41, 5.74) is -0.349. The van der Waals surface area contributed by atoms with E-state index < -0.39 is 23.1 Å². The lowest BCUT2D eigenvalue weighted by Gasteiger charge is -2.62. The minimum atomic E-state index is -1.19. The molecule has 32 heavy (non-hydrogen) atoms. The third-order valence-corrected chi connectivity index (χ3v) is 10.1. The number of fused-ring (bicyclic) bond motifs is 6. The molecule has 8 atom stereocenters. The lowest BCUT2D eigenvalue weighted by molar-refractivity contribution is -0.426. The highest BCUT2D eigenvalue weighted by atomic mass is 16.9. The molecule has 6 heteroatoms. The normalized spacial score (nSPS) is 50.6. The van der Waals surface area contributed by atoms with Crippen molar-refractivity contribution >= 4 is 11.6 Å². The second-order valence-corrected chi connectivity index (χ2v) is 11.4. The SMILES string of the molecule is CCC[C@@]1(OC)OCC(=O)[C@]2(CC[C@H]3[C@@H]4CCC5=CC(=O)CC[C@]5(C)[C@H]4[C@@H](O)C[C@@]32C)O1. The van der Waals surface area contributed by atoms with Gasteiger partial charge < -0.3 is 19.3 Å². The van der Waals surface area contributed by atoms with Crippen LogP contribution < -0.4 is 0 Å². The lowest BCUT2D eigenvalue weighted by Crippen LogP contribution is -2.67. The maximum Gasteiger partial charge on any atom is 0.284 e. The average molecular weight is 447 g/mol. The number of rotatable bonds is 3. The van der Waals surface area contributed by atoms with Crippen molar-refractivity contribution in [1.29, 1.82) is 0 Å². The zero-order chi connectivity index (χ0) is 22.9. The maximum atomic E-state index is 13.4. The van der Waals surface area contributed by atoms with Crippen LogP contribution in [-0.2, 0) is 23.8 Å². The minimum Gasteiger partial charge on any atom is -0.393 e. The number of carbonyl (C=O) groups excluding carboxylic acids is 2. The summed E-state index contributed by atoms with van der Waals surface area (Å²) < 4.78 is 18.1. The molecule has 0 aromatic carbocycles. The van der Waals surface area contributed by atoms with Gasteiger partial charge in [0.15, 0.2) is 11.6 Å². The number of hydrogen-bond acceptors (Lipinski definition) is 6. The van der Waals surface area contributed by atoms with Gasteiger partial charge in [-0.15, -0.1) is 0 Å². The summed E-state index contributed by atoms with van der Waals surface area (Å²) in [6.45, 7) is 6.46. The van der Waals surface area contributed by atoms with E-state index in [4.69, 9.17) is 14.2 Å². The van der Waals surface area contributed by atoms with Crippen molar-refractivity contribution in [3.05, 3.63) is 11.6 Å². The number of aliphatic hydroxyl groups excluding tert-OH is 1. The second kappa shape index (κ2) is 7.46. The van der Waals surface area contributed by atoms with Gasteiger partial charge in [-0.25, -0.2) is 0 Å². The molecule has 1 aliphatic heterocycles. The van der Waals surface area contributed by atoms with Gasteiger partial charge in [0.05, 0.1) is 6.10 Å². The van der Waals surface area contributed by atoms with Crippen LogP contribution >= 0.6 is 0 Å². The molecule has 1 saturated heterocycles. The van der Waals surface area contributed by atoms with E-state index in [1.165, 1.54) is 5.57 Å². The molecule has 6 nitrogen and oxygen atoms in total. The molecule has 4 fully saturated rings. The van der Waals surface area contributed by atoms with Crippen LogP contribution in [0.25, 0.3) is 0 Å². The Hall–Kier alpha value is -1.08. The van der Waals surface area contributed by atoms with Crippen molar-refractivity contribution in [3.63, 3.8) is 0 Å². The summed E-state index contributed by atoms with van der Waals surface area (Å²) in [5.74, 6) is -0.241. The first kappa shape index (κ1) is 22.7. The van der Waals surface area contributed by atoms with Crippen LogP contribution in [0.2, 0.25) is 0 Å². The number of allylic oxidation sites excluding steroid dienone is 1. The molecule has 1 N–H and O–H groups in total. The minimum absolute atomic E-state index is 0.00689. The molecule has 4 aliphatic carbocycles. The van der Waals surface area contributed by atoms with Crippen molar-refractivity contribution in [2.24, 2.45) is 28.6 Å². The van der Waals surface area contributed by atoms with Crippen LogP contribution in [0, 0.1) is 28.6 Å². The summed E-state index contributed by atoms with van der Waals surface area (Å²) in [6, 6.07) is 0. The fourth-order valence-corrected chi connectivity index (χ4v) is 8.58. The Morgan fingerprint density at radius 1 is 1.19 bits per heavy atom. The molecule has 0 aromatic rings. The first-order valence-corrected chi connectivity index (χ1v) is 12.5. The van der Waals surface area contributed by atoms with Crippen LogP contribution in [0.15, 0.2) is 11.6 Å². The van der Waals surface area contributed by atoms with Gasteiger partial charge in [0.25, 0.3) is 5.97 Å². The Morgan fingerprint density at radius 3 is 2.69 bits per heavy atom. The third kappa shape index (κ3) is 2.85. The van der Waals surface area contributed by atoms with Crippen LogP contribution in [0.3, 0.4) is 0 Å². The summed E-state index contributed by atoms with van der Waals surface area (Å²) in [6.07, 6.45) is 8.06. The number of carbonyl (C=O) groups is 2. The zero-order valence-corrected chi connectivity index (χ0v) is 19.9. The van der Waals surface area contributed by atoms with Crippen LogP contribution in [0.5, 0.6) is 0 Å². The Bertz CT molecular complexity index is 851. The maximum absolute atomic E-state index is 13.4. The quantitative estimate of drug-likeness (QED) is 0.707. The summed E-state index contributed by atoms with van der Waals surface area (Å²) in [4.78, 5) is 25.5. The highest BCUT2D eigenvalue weighted by Crippen LogP contribution is 2.69. The molecule has 0 bridgehead atoms. The molecule has 5 aliphatic rings.